The summed E-state index contributed by atoms with van der Waals surface area (Å²) in [5, 5.41) is 53.1. The predicted octanol–water partition coefficient (Wildman–Crippen LogP) is 2.93. The standard InChI is InChI=1S/C28H55NO8/c1-3-5-7-8-9-10-11-12-13-14-15-16-17-22(31)21(29-24(32)18-6-4-2)20-36-28-27(35)26(34)25(33)23(19-30)37-28/h21-23,25-28,30-31,33-35H,3-20H2,1-2H3,(H,29,32). The molecule has 7 atom stereocenters. The first kappa shape index (κ1) is 34.2. The molecule has 1 aliphatic rings. The summed E-state index contributed by atoms with van der Waals surface area (Å²) in [6, 6.07) is -0.704. The highest BCUT2D eigenvalue weighted by Crippen LogP contribution is 2.22. The number of hydrogen-bond acceptors (Lipinski definition) is 8. The second kappa shape index (κ2) is 21.1. The topological polar surface area (TPSA) is 149 Å². The maximum absolute atomic E-state index is 12.3. The number of carbonyl (C=O) groups excluding carboxylic acids is 1. The minimum Gasteiger partial charge on any atom is -0.394 e. The van der Waals surface area contributed by atoms with E-state index in [0.29, 0.717) is 12.8 Å². The van der Waals surface area contributed by atoms with Crippen molar-refractivity contribution in [3.05, 3.63) is 0 Å². The summed E-state index contributed by atoms with van der Waals surface area (Å²) in [6.07, 6.45) is 9.40. The van der Waals surface area contributed by atoms with Crippen LogP contribution in [0.2, 0.25) is 0 Å². The van der Waals surface area contributed by atoms with Crippen molar-refractivity contribution in [2.24, 2.45) is 0 Å². The molecule has 6 N–H and O–H groups in total. The van der Waals surface area contributed by atoms with Crippen LogP contribution >= 0.6 is 0 Å². The fourth-order valence-electron chi connectivity index (χ4n) is 4.66. The highest BCUT2D eigenvalue weighted by Gasteiger charge is 2.44. The monoisotopic (exact) mass is 533 g/mol. The number of aliphatic hydroxyl groups is 5. The average molecular weight is 534 g/mol. The summed E-state index contributed by atoms with van der Waals surface area (Å²) in [7, 11) is 0. The van der Waals surface area contributed by atoms with Gasteiger partial charge in [0.05, 0.1) is 25.4 Å². The number of ether oxygens (including phenoxy) is 2. The molecule has 0 spiro atoms. The van der Waals surface area contributed by atoms with E-state index in [2.05, 4.69) is 12.2 Å². The third kappa shape index (κ3) is 14.2. The summed E-state index contributed by atoms with van der Waals surface area (Å²) in [4.78, 5) is 12.3. The van der Waals surface area contributed by atoms with E-state index in [1.807, 2.05) is 6.92 Å². The quantitative estimate of drug-likeness (QED) is 0.116. The first-order valence-corrected chi connectivity index (χ1v) is 14.7. The lowest BCUT2D eigenvalue weighted by Crippen LogP contribution is -2.60. The number of rotatable bonds is 22. The minimum absolute atomic E-state index is 0.139. The molecule has 1 aliphatic heterocycles. The summed E-state index contributed by atoms with van der Waals surface area (Å²) < 4.78 is 11.0. The molecule has 0 aromatic heterocycles. The Balaban J connectivity index is 2.41. The Hall–Kier alpha value is -0.810. The van der Waals surface area contributed by atoms with Gasteiger partial charge in [-0.1, -0.05) is 97.3 Å². The lowest BCUT2D eigenvalue weighted by atomic mass is 9.99. The molecular weight excluding hydrogens is 478 g/mol. The van der Waals surface area contributed by atoms with Crippen LogP contribution < -0.4 is 5.32 Å². The molecule has 0 radical (unpaired) electrons. The molecule has 0 aliphatic carbocycles. The largest absolute Gasteiger partial charge is 0.394 e. The van der Waals surface area contributed by atoms with E-state index in [4.69, 9.17) is 9.47 Å². The van der Waals surface area contributed by atoms with Gasteiger partial charge < -0.3 is 40.3 Å². The smallest absolute Gasteiger partial charge is 0.220 e. The molecule has 1 fully saturated rings. The number of carbonyl (C=O) groups is 1. The normalized spacial score (nSPS) is 25.6. The number of hydrogen-bond donors (Lipinski definition) is 6. The fourth-order valence-corrected chi connectivity index (χ4v) is 4.66. The molecule has 37 heavy (non-hydrogen) atoms. The van der Waals surface area contributed by atoms with Crippen molar-refractivity contribution in [3.8, 4) is 0 Å². The Labute approximate surface area is 223 Å². The molecule has 9 heteroatoms. The Morgan fingerprint density at radius 1 is 0.811 bits per heavy atom. The van der Waals surface area contributed by atoms with E-state index in [-0.39, 0.29) is 12.5 Å². The van der Waals surface area contributed by atoms with Gasteiger partial charge in [0.25, 0.3) is 0 Å². The summed E-state index contributed by atoms with van der Waals surface area (Å²) in [5.41, 5.74) is 0. The second-order valence-corrected chi connectivity index (χ2v) is 10.6. The molecule has 1 saturated heterocycles. The minimum atomic E-state index is -1.54. The molecule has 220 valence electrons. The molecule has 0 aromatic carbocycles. The van der Waals surface area contributed by atoms with Gasteiger partial charge in [0.15, 0.2) is 6.29 Å². The van der Waals surface area contributed by atoms with E-state index in [1.165, 1.54) is 57.8 Å². The number of unbranched alkanes of at least 4 members (excludes halogenated alkanes) is 12. The molecule has 1 rings (SSSR count). The van der Waals surface area contributed by atoms with E-state index in [9.17, 15) is 30.3 Å². The van der Waals surface area contributed by atoms with E-state index in [0.717, 1.165) is 32.1 Å². The van der Waals surface area contributed by atoms with Crippen molar-refractivity contribution >= 4 is 5.91 Å². The Kier molecular flexibility index (Phi) is 19.5. The van der Waals surface area contributed by atoms with Gasteiger partial charge in [0.1, 0.15) is 24.4 Å². The van der Waals surface area contributed by atoms with Crippen LogP contribution in [0.4, 0.5) is 0 Å². The second-order valence-electron chi connectivity index (χ2n) is 10.6. The van der Waals surface area contributed by atoms with Crippen LogP contribution in [0.1, 0.15) is 117 Å². The molecule has 1 heterocycles. The highest BCUT2D eigenvalue weighted by atomic mass is 16.7. The van der Waals surface area contributed by atoms with Crippen molar-refractivity contribution in [3.63, 3.8) is 0 Å². The van der Waals surface area contributed by atoms with Gasteiger partial charge in [-0.05, 0) is 12.8 Å². The van der Waals surface area contributed by atoms with Gasteiger partial charge in [-0.25, -0.2) is 0 Å². The molecule has 0 aromatic rings. The maximum Gasteiger partial charge on any atom is 0.220 e. The fraction of sp³-hybridized carbons (Fsp3) is 0.964. The van der Waals surface area contributed by atoms with Gasteiger partial charge >= 0.3 is 0 Å². The number of amides is 1. The Morgan fingerprint density at radius 2 is 1.35 bits per heavy atom. The zero-order chi connectivity index (χ0) is 27.5. The SMILES string of the molecule is CCCCCCCCCCCCCCC(O)C(COC1OC(CO)C(O)C(O)C1O)NC(=O)CCCC. The van der Waals surface area contributed by atoms with Crippen LogP contribution in [0.15, 0.2) is 0 Å². The molecule has 1 amide bonds. The lowest BCUT2D eigenvalue weighted by molar-refractivity contribution is -0.302. The molecule has 9 nitrogen and oxygen atoms in total. The van der Waals surface area contributed by atoms with Crippen LogP contribution in [0.3, 0.4) is 0 Å². The summed E-state index contributed by atoms with van der Waals surface area (Å²) in [5.74, 6) is -0.182. The molecular formula is C28H55NO8. The zero-order valence-electron chi connectivity index (χ0n) is 23.2. The third-order valence-corrected chi connectivity index (χ3v) is 7.21. The number of nitrogens with one attached hydrogen (secondary N) is 1. The van der Waals surface area contributed by atoms with Crippen LogP contribution in [0, 0.1) is 0 Å². The van der Waals surface area contributed by atoms with Gasteiger partial charge in [0, 0.05) is 6.42 Å². The Morgan fingerprint density at radius 3 is 1.89 bits per heavy atom. The van der Waals surface area contributed by atoms with Crippen LogP contribution in [0.25, 0.3) is 0 Å². The summed E-state index contributed by atoms with van der Waals surface area (Å²) >= 11 is 0. The van der Waals surface area contributed by atoms with Gasteiger partial charge in [-0.15, -0.1) is 0 Å². The van der Waals surface area contributed by atoms with Gasteiger partial charge in [-0.3, -0.25) is 4.79 Å². The van der Waals surface area contributed by atoms with Crippen LogP contribution in [0.5, 0.6) is 0 Å². The molecule has 0 bridgehead atoms. The predicted molar refractivity (Wildman–Crippen MR) is 143 cm³/mol. The average Bonchev–Trinajstić information content (AvgIpc) is 2.89. The number of aliphatic hydroxyl groups excluding tert-OH is 5. The zero-order valence-corrected chi connectivity index (χ0v) is 23.2. The van der Waals surface area contributed by atoms with Crippen LogP contribution in [-0.2, 0) is 14.3 Å². The first-order valence-electron chi connectivity index (χ1n) is 14.7. The van der Waals surface area contributed by atoms with Crippen molar-refractivity contribution in [2.45, 2.75) is 159 Å². The van der Waals surface area contributed by atoms with Crippen molar-refractivity contribution < 1.29 is 39.8 Å². The first-order chi connectivity index (χ1) is 17.8. The Bertz CT molecular complexity index is 564. The van der Waals surface area contributed by atoms with E-state index < -0.39 is 49.5 Å². The molecule has 0 saturated carbocycles. The van der Waals surface area contributed by atoms with E-state index >= 15 is 0 Å². The van der Waals surface area contributed by atoms with Crippen LogP contribution in [-0.4, -0.2) is 87.5 Å². The highest BCUT2D eigenvalue weighted by molar-refractivity contribution is 5.76. The maximum atomic E-state index is 12.3. The van der Waals surface area contributed by atoms with Crippen molar-refractivity contribution in [1.29, 1.82) is 0 Å². The summed E-state index contributed by atoms with van der Waals surface area (Å²) in [6.45, 7) is 3.54. The van der Waals surface area contributed by atoms with E-state index in [1.54, 1.807) is 0 Å². The molecule has 7 unspecified atom stereocenters. The van der Waals surface area contributed by atoms with Gasteiger partial charge in [0.2, 0.25) is 5.91 Å². The third-order valence-electron chi connectivity index (χ3n) is 7.21. The van der Waals surface area contributed by atoms with Gasteiger partial charge in [-0.2, -0.15) is 0 Å². The van der Waals surface area contributed by atoms with Crippen molar-refractivity contribution in [2.75, 3.05) is 13.2 Å². The van der Waals surface area contributed by atoms with Crippen molar-refractivity contribution in [1.82, 2.24) is 5.32 Å². The lowest BCUT2D eigenvalue weighted by Gasteiger charge is -2.40.